The normalized spacial score (nSPS) is 16.8. The van der Waals surface area contributed by atoms with Crippen LogP contribution < -0.4 is 19.7 Å². The predicted molar refractivity (Wildman–Crippen MR) is 97.4 cm³/mol. The topological polar surface area (TPSA) is 70.4 Å². The fourth-order valence-corrected chi connectivity index (χ4v) is 3.13. The first-order chi connectivity index (χ1) is 12.2. The minimum atomic E-state index is 0.305. The fraction of sp³-hybridized carbons (Fsp3) is 0.368. The van der Waals surface area contributed by atoms with E-state index < -0.39 is 0 Å². The van der Waals surface area contributed by atoms with Crippen molar-refractivity contribution < 1.29 is 9.47 Å². The lowest BCUT2D eigenvalue weighted by atomic mass is 10.1. The number of anilines is 2. The summed E-state index contributed by atoms with van der Waals surface area (Å²) in [6.07, 6.45) is 2.16. The highest BCUT2D eigenvalue weighted by atomic mass is 16.5. The molecule has 0 spiro atoms. The lowest BCUT2D eigenvalue weighted by Crippen LogP contribution is -2.42. The van der Waals surface area contributed by atoms with Gasteiger partial charge in [0.25, 0.3) is 0 Å². The Morgan fingerprint density at radius 3 is 2.80 bits per heavy atom. The molecule has 0 amide bonds. The third-order valence-electron chi connectivity index (χ3n) is 4.35. The van der Waals surface area contributed by atoms with Crippen LogP contribution in [0.1, 0.15) is 18.5 Å². The molecule has 1 fully saturated rings. The van der Waals surface area contributed by atoms with Crippen molar-refractivity contribution in [2.75, 3.05) is 37.5 Å². The van der Waals surface area contributed by atoms with Gasteiger partial charge in [-0.15, -0.1) is 0 Å². The highest BCUT2D eigenvalue weighted by Crippen LogP contribution is 2.30. The predicted octanol–water partition coefficient (Wildman–Crippen LogP) is 3.05. The second-order valence-electron chi connectivity index (χ2n) is 5.99. The Hall–Kier alpha value is -2.94. The van der Waals surface area contributed by atoms with E-state index in [9.17, 15) is 0 Å². The summed E-state index contributed by atoms with van der Waals surface area (Å²) < 4.78 is 10.6. The van der Waals surface area contributed by atoms with Crippen LogP contribution in [0.4, 0.5) is 11.5 Å². The van der Waals surface area contributed by atoms with Crippen LogP contribution in [0.3, 0.4) is 0 Å². The van der Waals surface area contributed by atoms with E-state index in [2.05, 4.69) is 21.3 Å². The van der Waals surface area contributed by atoms with E-state index in [-0.39, 0.29) is 0 Å². The van der Waals surface area contributed by atoms with Gasteiger partial charge in [0.2, 0.25) is 0 Å². The molecule has 25 heavy (non-hydrogen) atoms. The summed E-state index contributed by atoms with van der Waals surface area (Å²) in [6.45, 7) is 1.79. The number of nitrogens with zero attached hydrogens (tertiary/aromatic N) is 3. The first-order valence-corrected chi connectivity index (χ1v) is 8.34. The second-order valence-corrected chi connectivity index (χ2v) is 5.99. The Bertz CT molecular complexity index is 772. The number of benzene rings is 1. The number of methoxy groups -OCH3 is 2. The van der Waals surface area contributed by atoms with Gasteiger partial charge in [-0.05, 0) is 37.1 Å². The molecule has 1 aliphatic heterocycles. The lowest BCUT2D eigenvalue weighted by molar-refractivity contribution is 0.355. The molecule has 1 aromatic heterocycles. The zero-order valence-corrected chi connectivity index (χ0v) is 14.5. The molecule has 6 nitrogen and oxygen atoms in total. The molecule has 1 N–H and O–H groups in total. The number of rotatable bonds is 5. The van der Waals surface area contributed by atoms with Gasteiger partial charge >= 0.3 is 0 Å². The van der Waals surface area contributed by atoms with Crippen molar-refractivity contribution in [1.82, 2.24) is 4.98 Å². The number of pyridine rings is 1. The highest BCUT2D eigenvalue weighted by molar-refractivity contribution is 5.55. The van der Waals surface area contributed by atoms with Gasteiger partial charge in [0.15, 0.2) is 11.5 Å². The van der Waals surface area contributed by atoms with Gasteiger partial charge < -0.3 is 19.7 Å². The van der Waals surface area contributed by atoms with E-state index in [0.29, 0.717) is 17.5 Å². The van der Waals surface area contributed by atoms with Crippen molar-refractivity contribution in [2.24, 2.45) is 0 Å². The van der Waals surface area contributed by atoms with Gasteiger partial charge in [-0.3, -0.25) is 0 Å². The average Bonchev–Trinajstić information content (AvgIpc) is 2.68. The summed E-state index contributed by atoms with van der Waals surface area (Å²) >= 11 is 0. The van der Waals surface area contributed by atoms with E-state index in [0.717, 1.165) is 43.2 Å². The monoisotopic (exact) mass is 338 g/mol. The minimum Gasteiger partial charge on any atom is -0.493 e. The maximum atomic E-state index is 9.03. The molecule has 0 radical (unpaired) electrons. The maximum absolute atomic E-state index is 9.03. The van der Waals surface area contributed by atoms with Gasteiger partial charge in [0, 0.05) is 30.9 Å². The molecule has 1 aliphatic rings. The standard InChI is InChI=1S/C19H22N4O2/c1-24-17-9-8-14(11-18(17)25-2)21-16-6-4-10-23(13-16)19-7-3-5-15(12-20)22-19/h3,5,7-9,11,16,21H,4,6,10,13H2,1-2H3. The van der Waals surface area contributed by atoms with Crippen molar-refractivity contribution in [3.8, 4) is 17.6 Å². The Kier molecular flexibility index (Phi) is 5.24. The summed E-state index contributed by atoms with van der Waals surface area (Å²) in [5.41, 5.74) is 1.45. The van der Waals surface area contributed by atoms with Crippen LogP contribution in [0, 0.1) is 11.3 Å². The van der Waals surface area contributed by atoms with Crippen molar-refractivity contribution in [3.05, 3.63) is 42.1 Å². The Labute approximate surface area is 148 Å². The second kappa shape index (κ2) is 7.75. The lowest BCUT2D eigenvalue weighted by Gasteiger charge is -2.34. The quantitative estimate of drug-likeness (QED) is 0.903. The zero-order chi connectivity index (χ0) is 17.6. The summed E-state index contributed by atoms with van der Waals surface area (Å²) in [5, 5.41) is 12.6. The van der Waals surface area contributed by atoms with Crippen molar-refractivity contribution in [3.63, 3.8) is 0 Å². The number of hydrogen-bond acceptors (Lipinski definition) is 6. The number of ether oxygens (including phenoxy) is 2. The van der Waals surface area contributed by atoms with Crippen LogP contribution in [-0.2, 0) is 0 Å². The summed E-state index contributed by atoms with van der Waals surface area (Å²) in [7, 11) is 3.27. The van der Waals surface area contributed by atoms with Crippen LogP contribution in [0.5, 0.6) is 11.5 Å². The minimum absolute atomic E-state index is 0.305. The number of nitrogens with one attached hydrogen (secondary N) is 1. The van der Waals surface area contributed by atoms with E-state index in [4.69, 9.17) is 14.7 Å². The van der Waals surface area contributed by atoms with Crippen LogP contribution in [0.2, 0.25) is 0 Å². The first kappa shape index (κ1) is 16.9. The van der Waals surface area contributed by atoms with E-state index in [1.54, 1.807) is 20.3 Å². The smallest absolute Gasteiger partial charge is 0.162 e. The molecule has 0 bridgehead atoms. The Morgan fingerprint density at radius 1 is 1.20 bits per heavy atom. The third-order valence-corrected chi connectivity index (χ3v) is 4.35. The zero-order valence-electron chi connectivity index (χ0n) is 14.5. The number of aromatic nitrogens is 1. The molecule has 1 unspecified atom stereocenters. The molecule has 1 aromatic carbocycles. The summed E-state index contributed by atoms with van der Waals surface area (Å²) in [5.74, 6) is 2.29. The molecule has 0 saturated carbocycles. The number of hydrogen-bond donors (Lipinski definition) is 1. The average molecular weight is 338 g/mol. The van der Waals surface area contributed by atoms with Crippen molar-refractivity contribution in [2.45, 2.75) is 18.9 Å². The van der Waals surface area contributed by atoms with Crippen LogP contribution in [0.15, 0.2) is 36.4 Å². The molecule has 6 heteroatoms. The highest BCUT2D eigenvalue weighted by Gasteiger charge is 2.21. The Balaban J connectivity index is 1.70. The summed E-state index contributed by atoms with van der Waals surface area (Å²) in [4.78, 5) is 6.63. The molecular weight excluding hydrogens is 316 g/mol. The van der Waals surface area contributed by atoms with Crippen molar-refractivity contribution >= 4 is 11.5 Å². The van der Waals surface area contributed by atoms with Crippen molar-refractivity contribution in [1.29, 1.82) is 5.26 Å². The van der Waals surface area contributed by atoms with Crippen LogP contribution in [0.25, 0.3) is 0 Å². The molecule has 2 aromatic rings. The number of piperidine rings is 1. The summed E-state index contributed by atoms with van der Waals surface area (Å²) in [6, 6.07) is 13.8. The third kappa shape index (κ3) is 3.94. The van der Waals surface area contributed by atoms with Gasteiger partial charge in [-0.1, -0.05) is 6.07 Å². The molecule has 0 aliphatic carbocycles. The van der Waals surface area contributed by atoms with Crippen LogP contribution >= 0.6 is 0 Å². The molecule has 1 saturated heterocycles. The molecule has 3 rings (SSSR count). The van der Waals surface area contributed by atoms with Gasteiger partial charge in [-0.25, -0.2) is 4.98 Å². The number of nitriles is 1. The maximum Gasteiger partial charge on any atom is 0.162 e. The molecule has 2 heterocycles. The Morgan fingerprint density at radius 2 is 2.04 bits per heavy atom. The fourth-order valence-electron chi connectivity index (χ4n) is 3.13. The van der Waals surface area contributed by atoms with E-state index in [1.807, 2.05) is 30.3 Å². The van der Waals surface area contributed by atoms with Gasteiger partial charge in [0.1, 0.15) is 17.6 Å². The van der Waals surface area contributed by atoms with Crippen LogP contribution in [-0.4, -0.2) is 38.3 Å². The van der Waals surface area contributed by atoms with Gasteiger partial charge in [-0.2, -0.15) is 5.26 Å². The molecule has 130 valence electrons. The molecular formula is C19H22N4O2. The van der Waals surface area contributed by atoms with E-state index >= 15 is 0 Å². The first-order valence-electron chi connectivity index (χ1n) is 8.34. The SMILES string of the molecule is COc1ccc(NC2CCCN(c3cccc(C#N)n3)C2)cc1OC. The molecule has 1 atom stereocenters. The largest absolute Gasteiger partial charge is 0.493 e. The van der Waals surface area contributed by atoms with Gasteiger partial charge in [0.05, 0.1) is 14.2 Å². The van der Waals surface area contributed by atoms with E-state index in [1.165, 1.54) is 0 Å².